The van der Waals surface area contributed by atoms with Crippen molar-refractivity contribution in [3.8, 4) is 0 Å². The molecule has 2 aliphatic rings. The molecule has 0 spiro atoms. The normalized spacial score (nSPS) is 21.5. The lowest BCUT2D eigenvalue weighted by Crippen LogP contribution is -2.43. The van der Waals surface area contributed by atoms with Crippen LogP contribution >= 0.6 is 0 Å². The minimum Gasteiger partial charge on any atom is -0.346 e. The summed E-state index contributed by atoms with van der Waals surface area (Å²) in [6, 6.07) is 17.6. The molecule has 2 aromatic rings. The van der Waals surface area contributed by atoms with Crippen molar-refractivity contribution in [2.24, 2.45) is 0 Å². The van der Waals surface area contributed by atoms with Crippen LogP contribution < -0.4 is 0 Å². The number of benzene rings is 2. The minimum atomic E-state index is -1.16. The Labute approximate surface area is 208 Å². The molecule has 2 fully saturated rings. The highest BCUT2D eigenvalue weighted by atomic mass is 16.2. The van der Waals surface area contributed by atoms with Gasteiger partial charge in [0.25, 0.3) is 0 Å². The number of carbonyl (C=O) groups excluding carboxylic acids is 3. The standard InChI is InChI=1S/C29H37N3O3/c1-22-11-7-8-14-25(22)29(19-26(33)30(3)18-15-23(2)31-16-9-10-17-31)20-27(34)32(28(29)35)21-24-12-5-4-6-13-24/h4-8,11-14,23H,9-10,15-21H2,1-3H3. The summed E-state index contributed by atoms with van der Waals surface area (Å²) >= 11 is 0. The predicted octanol–water partition coefficient (Wildman–Crippen LogP) is 3.91. The average molecular weight is 476 g/mol. The molecule has 0 saturated carbocycles. The first-order valence-corrected chi connectivity index (χ1v) is 12.7. The van der Waals surface area contributed by atoms with Crippen molar-refractivity contribution in [2.75, 3.05) is 26.7 Å². The number of carbonyl (C=O) groups is 3. The van der Waals surface area contributed by atoms with Gasteiger partial charge in [0.2, 0.25) is 17.7 Å². The van der Waals surface area contributed by atoms with Gasteiger partial charge in [-0.25, -0.2) is 0 Å². The van der Waals surface area contributed by atoms with Crippen LogP contribution in [0.5, 0.6) is 0 Å². The summed E-state index contributed by atoms with van der Waals surface area (Å²) in [5.41, 5.74) is 1.44. The molecule has 2 unspecified atom stereocenters. The fourth-order valence-corrected chi connectivity index (χ4v) is 5.54. The Bertz CT molecular complexity index is 1060. The quantitative estimate of drug-likeness (QED) is 0.516. The topological polar surface area (TPSA) is 60.9 Å². The van der Waals surface area contributed by atoms with Crippen LogP contribution in [0.25, 0.3) is 0 Å². The van der Waals surface area contributed by atoms with E-state index in [1.807, 2.05) is 68.6 Å². The second kappa shape index (κ2) is 10.7. The van der Waals surface area contributed by atoms with Crippen LogP contribution in [0.1, 0.15) is 55.7 Å². The second-order valence-electron chi connectivity index (χ2n) is 10.2. The smallest absolute Gasteiger partial charge is 0.241 e. The van der Waals surface area contributed by atoms with Gasteiger partial charge in [-0.3, -0.25) is 19.3 Å². The Hall–Kier alpha value is -2.99. The van der Waals surface area contributed by atoms with E-state index in [0.717, 1.165) is 36.2 Å². The molecule has 2 saturated heterocycles. The average Bonchev–Trinajstić information content (AvgIpc) is 3.47. The van der Waals surface area contributed by atoms with Crippen LogP contribution in [0.2, 0.25) is 0 Å². The van der Waals surface area contributed by atoms with Gasteiger partial charge in [0.15, 0.2) is 0 Å². The van der Waals surface area contributed by atoms with E-state index >= 15 is 0 Å². The zero-order valence-corrected chi connectivity index (χ0v) is 21.2. The lowest BCUT2D eigenvalue weighted by atomic mass is 9.74. The summed E-state index contributed by atoms with van der Waals surface area (Å²) in [4.78, 5) is 46.1. The molecule has 2 atom stereocenters. The zero-order valence-electron chi connectivity index (χ0n) is 21.2. The van der Waals surface area contributed by atoms with Gasteiger partial charge < -0.3 is 9.80 Å². The van der Waals surface area contributed by atoms with Gasteiger partial charge in [-0.15, -0.1) is 0 Å². The summed E-state index contributed by atoms with van der Waals surface area (Å²) in [5, 5.41) is 0. The number of amides is 3. The van der Waals surface area contributed by atoms with Crippen LogP contribution in [0, 0.1) is 6.92 Å². The third-order valence-corrected chi connectivity index (χ3v) is 7.78. The molecule has 2 aliphatic heterocycles. The highest BCUT2D eigenvalue weighted by Crippen LogP contribution is 2.42. The summed E-state index contributed by atoms with van der Waals surface area (Å²) in [6.45, 7) is 7.28. The Morgan fingerprint density at radius 2 is 1.69 bits per heavy atom. The molecule has 4 rings (SSSR count). The van der Waals surface area contributed by atoms with E-state index < -0.39 is 5.41 Å². The van der Waals surface area contributed by atoms with Crippen molar-refractivity contribution in [3.05, 3.63) is 71.3 Å². The third-order valence-electron chi connectivity index (χ3n) is 7.78. The Morgan fingerprint density at radius 1 is 1.03 bits per heavy atom. The Kier molecular flexibility index (Phi) is 7.70. The molecule has 0 bridgehead atoms. The van der Waals surface area contributed by atoms with Crippen molar-refractivity contribution in [1.29, 1.82) is 0 Å². The van der Waals surface area contributed by atoms with E-state index in [9.17, 15) is 14.4 Å². The van der Waals surface area contributed by atoms with Crippen molar-refractivity contribution in [1.82, 2.24) is 14.7 Å². The number of imide groups is 1. The van der Waals surface area contributed by atoms with Crippen molar-refractivity contribution >= 4 is 17.7 Å². The number of hydrogen-bond acceptors (Lipinski definition) is 4. The number of rotatable bonds is 9. The number of aryl methyl sites for hydroxylation is 1. The predicted molar refractivity (Wildman–Crippen MR) is 137 cm³/mol. The van der Waals surface area contributed by atoms with Gasteiger partial charge in [0.05, 0.1) is 12.0 Å². The summed E-state index contributed by atoms with van der Waals surface area (Å²) < 4.78 is 0. The molecule has 0 N–H and O–H groups in total. The SMILES string of the molecule is Cc1ccccc1C1(CC(=O)N(C)CCC(C)N2CCCC2)CC(=O)N(Cc2ccccc2)C1=O. The first-order chi connectivity index (χ1) is 16.8. The van der Waals surface area contributed by atoms with Crippen LogP contribution in [-0.2, 0) is 26.3 Å². The number of likely N-dealkylation sites (tertiary alicyclic amines) is 2. The fourth-order valence-electron chi connectivity index (χ4n) is 5.54. The maximum absolute atomic E-state index is 13.9. The Balaban J connectivity index is 1.54. The molecule has 2 aromatic carbocycles. The lowest BCUT2D eigenvalue weighted by Gasteiger charge is -2.31. The van der Waals surface area contributed by atoms with Gasteiger partial charge in [-0.2, -0.15) is 0 Å². The Morgan fingerprint density at radius 3 is 2.37 bits per heavy atom. The molecule has 6 heteroatoms. The number of hydrogen-bond donors (Lipinski definition) is 0. The van der Waals surface area contributed by atoms with Gasteiger partial charge in [-0.1, -0.05) is 54.6 Å². The summed E-state index contributed by atoms with van der Waals surface area (Å²) in [6.07, 6.45) is 3.41. The first kappa shape index (κ1) is 25.1. The van der Waals surface area contributed by atoms with Gasteiger partial charge in [-0.05, 0) is 62.9 Å². The largest absolute Gasteiger partial charge is 0.346 e. The fraction of sp³-hybridized carbons (Fsp3) is 0.483. The maximum atomic E-state index is 13.9. The third kappa shape index (κ3) is 5.32. The maximum Gasteiger partial charge on any atom is 0.241 e. The van der Waals surface area contributed by atoms with E-state index in [1.54, 1.807) is 4.90 Å². The molecule has 0 aliphatic carbocycles. The monoisotopic (exact) mass is 475 g/mol. The van der Waals surface area contributed by atoms with E-state index in [2.05, 4.69) is 11.8 Å². The molecule has 35 heavy (non-hydrogen) atoms. The van der Waals surface area contributed by atoms with Crippen molar-refractivity contribution < 1.29 is 14.4 Å². The van der Waals surface area contributed by atoms with Gasteiger partial charge >= 0.3 is 0 Å². The van der Waals surface area contributed by atoms with Crippen LogP contribution in [-0.4, -0.2) is 65.1 Å². The lowest BCUT2D eigenvalue weighted by molar-refractivity contribution is -0.143. The zero-order chi connectivity index (χ0) is 25.0. The molecule has 6 nitrogen and oxygen atoms in total. The molecular formula is C29H37N3O3. The van der Waals surface area contributed by atoms with E-state index in [1.165, 1.54) is 17.7 Å². The van der Waals surface area contributed by atoms with E-state index in [-0.39, 0.29) is 37.1 Å². The molecule has 2 heterocycles. The summed E-state index contributed by atoms with van der Waals surface area (Å²) in [7, 11) is 1.81. The van der Waals surface area contributed by atoms with Crippen molar-refractivity contribution in [2.45, 2.75) is 64.0 Å². The molecule has 0 aromatic heterocycles. The highest BCUT2D eigenvalue weighted by molar-refractivity contribution is 6.10. The van der Waals surface area contributed by atoms with Gasteiger partial charge in [0.1, 0.15) is 0 Å². The first-order valence-electron chi connectivity index (χ1n) is 12.7. The second-order valence-corrected chi connectivity index (χ2v) is 10.2. The van der Waals surface area contributed by atoms with Crippen LogP contribution in [0.4, 0.5) is 0 Å². The van der Waals surface area contributed by atoms with Gasteiger partial charge in [0, 0.05) is 32.5 Å². The minimum absolute atomic E-state index is 0.00229. The van der Waals surface area contributed by atoms with Crippen molar-refractivity contribution in [3.63, 3.8) is 0 Å². The molecular weight excluding hydrogens is 438 g/mol. The van der Waals surface area contributed by atoms with Crippen LogP contribution in [0.15, 0.2) is 54.6 Å². The van der Waals surface area contributed by atoms with E-state index in [0.29, 0.717) is 12.6 Å². The van der Waals surface area contributed by atoms with E-state index in [4.69, 9.17) is 0 Å². The molecule has 186 valence electrons. The summed E-state index contributed by atoms with van der Waals surface area (Å²) in [5.74, 6) is -0.586. The highest BCUT2D eigenvalue weighted by Gasteiger charge is 2.54. The number of nitrogens with zero attached hydrogens (tertiary/aromatic N) is 3. The molecule has 3 amide bonds. The molecule has 0 radical (unpaired) electrons. The van der Waals surface area contributed by atoms with Crippen LogP contribution in [0.3, 0.4) is 0 Å².